The van der Waals surface area contributed by atoms with Gasteiger partial charge in [-0.15, -0.1) is 17.3 Å². The molecule has 1 fully saturated rings. The van der Waals surface area contributed by atoms with Crippen molar-refractivity contribution in [1.29, 1.82) is 0 Å². The molecule has 2 aliphatic heterocycles. The van der Waals surface area contributed by atoms with Crippen molar-refractivity contribution in [3.63, 3.8) is 0 Å². The molecule has 0 saturated carbocycles. The molecular formula is C22H24N2O3S2. The van der Waals surface area contributed by atoms with Crippen LogP contribution in [0.15, 0.2) is 40.7 Å². The van der Waals surface area contributed by atoms with Crippen molar-refractivity contribution < 1.29 is 13.2 Å². The summed E-state index contributed by atoms with van der Waals surface area (Å²) < 4.78 is 29.7. The van der Waals surface area contributed by atoms with E-state index in [0.29, 0.717) is 19.3 Å². The van der Waals surface area contributed by atoms with Crippen LogP contribution in [-0.2, 0) is 20.1 Å². The minimum Gasteiger partial charge on any atom is -0.459 e. The predicted molar refractivity (Wildman–Crippen MR) is 118 cm³/mol. The minimum atomic E-state index is -2.99. The van der Waals surface area contributed by atoms with Crippen LogP contribution in [0.1, 0.15) is 43.6 Å². The van der Waals surface area contributed by atoms with Crippen LogP contribution in [0.25, 0.3) is 11.1 Å². The first-order valence-corrected chi connectivity index (χ1v) is 12.3. The molecule has 2 N–H and O–H groups in total. The fourth-order valence-electron chi connectivity index (χ4n) is 4.21. The number of nitrogens with two attached hydrogens (primary N) is 1. The second-order valence-electron chi connectivity index (χ2n) is 7.99. The number of rotatable bonds is 2. The molecule has 3 heterocycles. The molecule has 2 aliphatic rings. The predicted octanol–water partition coefficient (Wildman–Crippen LogP) is 3.68. The van der Waals surface area contributed by atoms with Crippen LogP contribution in [0.2, 0.25) is 0 Å². The molecule has 5 nitrogen and oxygen atoms in total. The van der Waals surface area contributed by atoms with E-state index in [9.17, 15) is 8.42 Å². The Kier molecular flexibility index (Phi) is 4.96. The quantitative estimate of drug-likeness (QED) is 0.740. The van der Waals surface area contributed by atoms with Gasteiger partial charge in [0.1, 0.15) is 11.1 Å². The lowest BCUT2D eigenvalue weighted by Gasteiger charge is -2.45. The highest BCUT2D eigenvalue weighted by Gasteiger charge is 2.49. The first kappa shape index (κ1) is 20.0. The van der Waals surface area contributed by atoms with Crippen LogP contribution in [0.4, 0.5) is 0 Å². The molecule has 2 aromatic rings. The fraction of sp³-hybridized carbons (Fsp3) is 0.409. The molecule has 1 saturated heterocycles. The van der Waals surface area contributed by atoms with Gasteiger partial charge in [0.15, 0.2) is 9.84 Å². The lowest BCUT2D eigenvalue weighted by atomic mass is 9.80. The van der Waals surface area contributed by atoms with Gasteiger partial charge in [0.2, 0.25) is 0 Å². The van der Waals surface area contributed by atoms with E-state index in [1.54, 1.807) is 11.3 Å². The molecule has 0 bridgehead atoms. The molecule has 1 aromatic heterocycles. The summed E-state index contributed by atoms with van der Waals surface area (Å²) in [5, 5.41) is 2.12. The van der Waals surface area contributed by atoms with E-state index in [1.165, 1.54) is 0 Å². The van der Waals surface area contributed by atoms with Crippen LogP contribution in [0.3, 0.4) is 0 Å². The van der Waals surface area contributed by atoms with Crippen molar-refractivity contribution in [2.45, 2.75) is 44.2 Å². The normalized spacial score (nSPS) is 24.8. The first-order chi connectivity index (χ1) is 13.7. The van der Waals surface area contributed by atoms with Gasteiger partial charge in [0.05, 0.1) is 11.5 Å². The van der Waals surface area contributed by atoms with E-state index in [2.05, 4.69) is 47.3 Å². The molecule has 7 heteroatoms. The van der Waals surface area contributed by atoms with Crippen molar-refractivity contribution in [1.82, 2.24) is 0 Å². The highest BCUT2D eigenvalue weighted by atomic mass is 32.2. The third kappa shape index (κ3) is 4.05. The van der Waals surface area contributed by atoms with Crippen molar-refractivity contribution in [2.24, 2.45) is 10.7 Å². The molecule has 1 aromatic carbocycles. The average Bonchev–Trinajstić information content (AvgIpc) is 3.16. The number of aliphatic imine (C=N–C) groups is 1. The second-order valence-corrected chi connectivity index (χ2v) is 11.2. The molecule has 0 radical (unpaired) electrons. The van der Waals surface area contributed by atoms with Gasteiger partial charge in [-0.1, -0.05) is 18.1 Å². The van der Waals surface area contributed by atoms with Crippen molar-refractivity contribution in [2.75, 3.05) is 11.5 Å². The number of benzene rings is 1. The van der Waals surface area contributed by atoms with Crippen LogP contribution in [0, 0.1) is 11.8 Å². The standard InChI is InChI=1S/C22H24N2O3S2/c1-3-5-16-6-4-7-17(12-16)18-13-19(28-14-18)21(2)15-22(27-20(23)24-21)8-10-29(25,26)11-9-22/h4,6-7,12-14H,8-11,15H2,1-2H3,(H2,23,24). The second kappa shape index (κ2) is 7.19. The number of sulfone groups is 1. The number of hydrogen-bond acceptors (Lipinski definition) is 6. The Morgan fingerprint density at radius 3 is 2.69 bits per heavy atom. The third-order valence-corrected chi connectivity index (χ3v) is 8.51. The SMILES string of the molecule is CC#Cc1cccc(-c2csc(C3(C)CC4(CCS(=O)(=O)CC4)OC(N)=N3)c2)c1. The summed E-state index contributed by atoms with van der Waals surface area (Å²) in [6.45, 7) is 3.89. The van der Waals surface area contributed by atoms with Gasteiger partial charge in [-0.05, 0) is 48.6 Å². The summed E-state index contributed by atoms with van der Waals surface area (Å²) in [6.07, 6.45) is 1.53. The topological polar surface area (TPSA) is 81.8 Å². The maximum Gasteiger partial charge on any atom is 0.283 e. The van der Waals surface area contributed by atoms with E-state index in [1.807, 2.05) is 19.1 Å². The molecule has 0 aliphatic carbocycles. The van der Waals surface area contributed by atoms with E-state index in [-0.39, 0.29) is 17.5 Å². The van der Waals surface area contributed by atoms with Crippen molar-refractivity contribution in [3.8, 4) is 23.0 Å². The van der Waals surface area contributed by atoms with Crippen molar-refractivity contribution >= 4 is 27.2 Å². The molecule has 0 amide bonds. The summed E-state index contributed by atoms with van der Waals surface area (Å²) >= 11 is 1.65. The van der Waals surface area contributed by atoms with E-state index in [0.717, 1.165) is 21.6 Å². The maximum absolute atomic E-state index is 11.9. The lowest BCUT2D eigenvalue weighted by Crippen LogP contribution is -2.51. The van der Waals surface area contributed by atoms with E-state index < -0.39 is 21.0 Å². The molecule has 29 heavy (non-hydrogen) atoms. The number of nitrogens with zero attached hydrogens (tertiary/aromatic N) is 1. The Bertz CT molecular complexity index is 1120. The van der Waals surface area contributed by atoms with Gasteiger partial charge in [-0.25, -0.2) is 13.4 Å². The summed E-state index contributed by atoms with van der Waals surface area (Å²) in [5.74, 6) is 6.30. The molecule has 1 unspecified atom stereocenters. The van der Waals surface area contributed by atoms with Gasteiger partial charge >= 0.3 is 0 Å². The largest absolute Gasteiger partial charge is 0.459 e. The van der Waals surface area contributed by atoms with E-state index in [4.69, 9.17) is 10.5 Å². The Morgan fingerprint density at radius 2 is 1.97 bits per heavy atom. The first-order valence-electron chi connectivity index (χ1n) is 9.60. The number of thiophene rings is 1. The van der Waals surface area contributed by atoms with Crippen LogP contribution in [0.5, 0.6) is 0 Å². The molecule has 1 spiro atoms. The molecule has 4 rings (SSSR count). The van der Waals surface area contributed by atoms with Crippen LogP contribution in [-0.4, -0.2) is 31.5 Å². The Hall–Kier alpha value is -2.30. The van der Waals surface area contributed by atoms with E-state index >= 15 is 0 Å². The van der Waals surface area contributed by atoms with Gasteiger partial charge in [0.25, 0.3) is 6.02 Å². The number of amidine groups is 1. The Labute approximate surface area is 175 Å². The zero-order valence-corrected chi connectivity index (χ0v) is 18.2. The van der Waals surface area contributed by atoms with Crippen LogP contribution < -0.4 is 5.73 Å². The van der Waals surface area contributed by atoms with Gasteiger partial charge in [-0.2, -0.15) is 0 Å². The van der Waals surface area contributed by atoms with Crippen LogP contribution >= 0.6 is 11.3 Å². The lowest BCUT2D eigenvalue weighted by molar-refractivity contribution is -0.00271. The monoisotopic (exact) mass is 428 g/mol. The maximum atomic E-state index is 11.9. The molecule has 152 valence electrons. The smallest absolute Gasteiger partial charge is 0.283 e. The minimum absolute atomic E-state index is 0.136. The molecular weight excluding hydrogens is 404 g/mol. The summed E-state index contributed by atoms with van der Waals surface area (Å²) in [4.78, 5) is 5.73. The highest BCUT2D eigenvalue weighted by molar-refractivity contribution is 7.91. The van der Waals surface area contributed by atoms with Gasteiger partial charge < -0.3 is 10.5 Å². The number of ether oxygens (including phenoxy) is 1. The zero-order chi connectivity index (χ0) is 20.7. The zero-order valence-electron chi connectivity index (χ0n) is 16.6. The van der Waals surface area contributed by atoms with Crippen molar-refractivity contribution in [3.05, 3.63) is 46.2 Å². The third-order valence-electron chi connectivity index (χ3n) is 5.68. The molecule has 1 atom stereocenters. The Balaban J connectivity index is 1.65. The highest BCUT2D eigenvalue weighted by Crippen LogP contribution is 2.46. The summed E-state index contributed by atoms with van der Waals surface area (Å²) in [7, 11) is -2.99. The summed E-state index contributed by atoms with van der Waals surface area (Å²) in [5.41, 5.74) is 8.18. The van der Waals surface area contributed by atoms with Gasteiger partial charge in [0, 0.05) is 29.7 Å². The number of hydrogen-bond donors (Lipinski definition) is 1. The summed E-state index contributed by atoms with van der Waals surface area (Å²) in [6, 6.07) is 10.5. The Morgan fingerprint density at radius 1 is 1.21 bits per heavy atom. The average molecular weight is 429 g/mol. The van der Waals surface area contributed by atoms with Gasteiger partial charge in [-0.3, -0.25) is 0 Å². The fourth-order valence-corrected chi connectivity index (χ4v) is 6.81.